The summed E-state index contributed by atoms with van der Waals surface area (Å²) in [5, 5.41) is 7.48. The molecule has 0 saturated heterocycles. The number of hydroxylamine groups is 1. The highest BCUT2D eigenvalue weighted by atomic mass is 32.2. The molecule has 0 fully saturated rings. The zero-order valence-corrected chi connectivity index (χ0v) is 16.8. The summed E-state index contributed by atoms with van der Waals surface area (Å²) in [5.41, 5.74) is 5.83. The molecule has 1 unspecified atom stereocenters. The van der Waals surface area contributed by atoms with Gasteiger partial charge in [0.2, 0.25) is 10.0 Å². The first-order valence-corrected chi connectivity index (χ1v) is 10.9. The normalized spacial score (nSPS) is 16.0. The minimum Gasteiger partial charge on any atom is -0.289 e. The molecule has 1 heterocycles. The first-order chi connectivity index (χ1) is 14.0. The molecule has 1 atom stereocenters. The number of benzene rings is 2. The summed E-state index contributed by atoms with van der Waals surface area (Å²) in [6, 6.07) is 18.3. The Morgan fingerprint density at radius 3 is 2.28 bits per heavy atom. The van der Waals surface area contributed by atoms with Crippen LogP contribution < -0.4 is 5.48 Å². The fraction of sp³-hybridized carbons (Fsp3) is 0.227. The maximum Gasteiger partial charge on any atom is 0.263 e. The third-order valence-corrected chi connectivity index (χ3v) is 7.21. The Kier molecular flexibility index (Phi) is 6.64. The molecule has 1 aliphatic rings. The van der Waals surface area contributed by atoms with E-state index in [1.54, 1.807) is 0 Å². The van der Waals surface area contributed by atoms with E-state index >= 15 is 0 Å². The molecule has 0 saturated carbocycles. The van der Waals surface area contributed by atoms with Crippen molar-refractivity contribution in [1.29, 1.82) is 0 Å². The number of allylic oxidation sites excluding steroid dienone is 1. The molecule has 6 nitrogen and oxygen atoms in total. The van der Waals surface area contributed by atoms with E-state index in [2.05, 4.69) is 30.8 Å². The number of sulfonamides is 1. The molecule has 0 aromatic heterocycles. The van der Waals surface area contributed by atoms with Crippen LogP contribution >= 0.6 is 0 Å². The first kappa shape index (κ1) is 21.0. The number of carbonyl (C=O) groups excluding carboxylic acids is 1. The lowest BCUT2D eigenvalue weighted by Gasteiger charge is -2.29. The molecule has 0 aliphatic carbocycles. The Hall–Kier alpha value is -2.74. The van der Waals surface area contributed by atoms with Crippen molar-refractivity contribution >= 4 is 21.5 Å². The van der Waals surface area contributed by atoms with E-state index in [4.69, 9.17) is 5.21 Å². The van der Waals surface area contributed by atoms with Crippen molar-refractivity contribution in [1.82, 2.24) is 9.79 Å². The highest BCUT2D eigenvalue weighted by Gasteiger charge is 2.37. The SMILES string of the molecule is C=CCC(C(=O)NO)S(=O)(=O)N1CC=C(c2ccc(-c3ccccc3)cc2)CC1. The second-order valence-electron chi connectivity index (χ2n) is 6.81. The van der Waals surface area contributed by atoms with Gasteiger partial charge in [-0.1, -0.05) is 66.7 Å². The van der Waals surface area contributed by atoms with E-state index in [9.17, 15) is 13.2 Å². The van der Waals surface area contributed by atoms with Crippen LogP contribution in [0.4, 0.5) is 0 Å². The second-order valence-corrected chi connectivity index (χ2v) is 8.93. The first-order valence-electron chi connectivity index (χ1n) is 9.36. The number of amides is 1. The minimum atomic E-state index is -3.90. The van der Waals surface area contributed by atoms with Gasteiger partial charge in [0, 0.05) is 13.1 Å². The van der Waals surface area contributed by atoms with Crippen LogP contribution in [0.15, 0.2) is 73.3 Å². The van der Waals surface area contributed by atoms with E-state index in [0.29, 0.717) is 6.42 Å². The molecular weight excluding hydrogens is 388 g/mol. The third-order valence-electron chi connectivity index (χ3n) is 5.04. The lowest BCUT2D eigenvalue weighted by molar-refractivity contribution is -0.128. The largest absolute Gasteiger partial charge is 0.289 e. The summed E-state index contributed by atoms with van der Waals surface area (Å²) in [6.45, 7) is 3.96. The average Bonchev–Trinajstić information content (AvgIpc) is 2.77. The lowest BCUT2D eigenvalue weighted by Crippen LogP contribution is -2.47. The van der Waals surface area contributed by atoms with Crippen LogP contribution in [0.2, 0.25) is 0 Å². The number of nitrogens with zero attached hydrogens (tertiary/aromatic N) is 1. The molecule has 3 rings (SSSR count). The summed E-state index contributed by atoms with van der Waals surface area (Å²) < 4.78 is 26.9. The Labute approximate surface area is 171 Å². The second kappa shape index (κ2) is 9.17. The number of hydrogen-bond donors (Lipinski definition) is 2. The van der Waals surface area contributed by atoms with Crippen LogP contribution in [0.25, 0.3) is 16.7 Å². The Morgan fingerprint density at radius 1 is 1.10 bits per heavy atom. The van der Waals surface area contributed by atoms with Gasteiger partial charge in [-0.05, 0) is 35.1 Å². The van der Waals surface area contributed by atoms with Crippen molar-refractivity contribution < 1.29 is 18.4 Å². The molecule has 1 aliphatic heterocycles. The van der Waals surface area contributed by atoms with Gasteiger partial charge in [0.05, 0.1) is 0 Å². The van der Waals surface area contributed by atoms with Crippen molar-refractivity contribution in [2.24, 2.45) is 0 Å². The molecule has 0 spiro atoms. The van der Waals surface area contributed by atoms with Crippen LogP contribution in [-0.4, -0.2) is 42.2 Å². The molecule has 1 amide bonds. The predicted molar refractivity (Wildman–Crippen MR) is 113 cm³/mol. The van der Waals surface area contributed by atoms with Gasteiger partial charge in [0.15, 0.2) is 5.25 Å². The molecular formula is C22H24N2O4S. The number of rotatable bonds is 7. The zero-order valence-electron chi connectivity index (χ0n) is 16.0. The van der Waals surface area contributed by atoms with Crippen molar-refractivity contribution in [3.05, 3.63) is 78.9 Å². The molecule has 0 radical (unpaired) electrons. The highest BCUT2D eigenvalue weighted by Crippen LogP contribution is 2.27. The summed E-state index contributed by atoms with van der Waals surface area (Å²) >= 11 is 0. The Balaban J connectivity index is 1.75. The van der Waals surface area contributed by atoms with Gasteiger partial charge in [-0.25, -0.2) is 13.9 Å². The standard InChI is InChI=1S/C22H24N2O4S/c1-2-6-21(22(25)23-26)29(27,28)24-15-13-20(14-16-24)19-11-9-18(10-12-19)17-7-4-3-5-8-17/h2-5,7-13,21,26H,1,6,14-16H2,(H,23,25). The van der Waals surface area contributed by atoms with Gasteiger partial charge in [0.25, 0.3) is 5.91 Å². The monoisotopic (exact) mass is 412 g/mol. The van der Waals surface area contributed by atoms with Gasteiger partial charge < -0.3 is 0 Å². The van der Waals surface area contributed by atoms with E-state index in [-0.39, 0.29) is 19.5 Å². The van der Waals surface area contributed by atoms with Gasteiger partial charge >= 0.3 is 0 Å². The summed E-state index contributed by atoms with van der Waals surface area (Å²) in [5.74, 6) is -0.948. The quantitative estimate of drug-likeness (QED) is 0.415. The molecule has 2 aromatic rings. The van der Waals surface area contributed by atoms with Crippen molar-refractivity contribution in [3.63, 3.8) is 0 Å². The van der Waals surface area contributed by atoms with Crippen molar-refractivity contribution in [3.8, 4) is 11.1 Å². The van der Waals surface area contributed by atoms with Crippen LogP contribution in [0.1, 0.15) is 18.4 Å². The summed E-state index contributed by atoms with van der Waals surface area (Å²) in [7, 11) is -3.90. The van der Waals surface area contributed by atoms with Crippen molar-refractivity contribution in [2.45, 2.75) is 18.1 Å². The number of hydrogen-bond acceptors (Lipinski definition) is 4. The van der Waals surface area contributed by atoms with Gasteiger partial charge in [-0.3, -0.25) is 10.0 Å². The molecule has 7 heteroatoms. The van der Waals surface area contributed by atoms with Crippen LogP contribution in [0.3, 0.4) is 0 Å². The van der Waals surface area contributed by atoms with E-state index in [0.717, 1.165) is 22.3 Å². The molecule has 152 valence electrons. The maximum atomic E-state index is 12.8. The van der Waals surface area contributed by atoms with E-state index < -0.39 is 21.2 Å². The fourth-order valence-corrected chi connectivity index (χ4v) is 5.11. The van der Waals surface area contributed by atoms with Crippen LogP contribution in [0.5, 0.6) is 0 Å². The Bertz CT molecular complexity index is 999. The topological polar surface area (TPSA) is 86.7 Å². The molecule has 0 bridgehead atoms. The summed E-state index contributed by atoms with van der Waals surface area (Å²) in [6.07, 6.45) is 3.71. The number of carbonyl (C=O) groups is 1. The van der Waals surface area contributed by atoms with Gasteiger partial charge in [-0.2, -0.15) is 4.31 Å². The van der Waals surface area contributed by atoms with E-state index in [1.165, 1.54) is 15.9 Å². The fourth-order valence-electron chi connectivity index (χ4n) is 3.42. The summed E-state index contributed by atoms with van der Waals surface area (Å²) in [4.78, 5) is 11.8. The lowest BCUT2D eigenvalue weighted by atomic mass is 9.97. The smallest absolute Gasteiger partial charge is 0.263 e. The molecule has 29 heavy (non-hydrogen) atoms. The maximum absolute atomic E-state index is 12.8. The van der Waals surface area contributed by atoms with Crippen LogP contribution in [-0.2, 0) is 14.8 Å². The molecule has 2 aromatic carbocycles. The van der Waals surface area contributed by atoms with Crippen LogP contribution in [0, 0.1) is 0 Å². The van der Waals surface area contributed by atoms with Gasteiger partial charge in [-0.15, -0.1) is 6.58 Å². The number of nitrogens with one attached hydrogen (secondary N) is 1. The minimum absolute atomic E-state index is 0.0667. The Morgan fingerprint density at radius 2 is 1.72 bits per heavy atom. The third kappa shape index (κ3) is 4.64. The van der Waals surface area contributed by atoms with Gasteiger partial charge in [0.1, 0.15) is 0 Å². The highest BCUT2D eigenvalue weighted by molar-refractivity contribution is 7.90. The predicted octanol–water partition coefficient (Wildman–Crippen LogP) is 3.22. The molecule has 2 N–H and O–H groups in total. The van der Waals surface area contributed by atoms with Crippen molar-refractivity contribution in [2.75, 3.05) is 13.1 Å². The average molecular weight is 413 g/mol. The zero-order chi connectivity index (χ0) is 20.9. The van der Waals surface area contributed by atoms with E-state index in [1.807, 2.05) is 36.4 Å².